The fourth-order valence-electron chi connectivity index (χ4n) is 4.33. The van der Waals surface area contributed by atoms with Gasteiger partial charge in [-0.05, 0) is 60.2 Å². The third-order valence-corrected chi connectivity index (χ3v) is 6.35. The standard InChI is InChI=1S/C28H24F6N2O/c29-27(30,31)23-12-8-21(9-13-23)26(37,22-10-14-24(15-11-22)28(32,33)34)16-4-7-25-17-35-19-36(25)18-20-5-2-1-3-6-20/h1-3,5-6,8-15,17,19,37H,4,7,16,18H2. The number of imidazole rings is 1. The summed E-state index contributed by atoms with van der Waals surface area (Å²) in [6.07, 6.45) is -4.74. The van der Waals surface area contributed by atoms with Crippen LogP contribution in [0, 0.1) is 0 Å². The third-order valence-electron chi connectivity index (χ3n) is 6.35. The second-order valence-corrected chi connectivity index (χ2v) is 8.86. The Labute approximate surface area is 210 Å². The monoisotopic (exact) mass is 518 g/mol. The zero-order valence-corrected chi connectivity index (χ0v) is 19.6. The summed E-state index contributed by atoms with van der Waals surface area (Å²) in [6, 6.07) is 17.9. The first-order chi connectivity index (χ1) is 17.5. The van der Waals surface area contributed by atoms with Crippen molar-refractivity contribution in [3.05, 3.63) is 125 Å². The summed E-state index contributed by atoms with van der Waals surface area (Å²) < 4.78 is 80.4. The number of benzene rings is 3. The highest BCUT2D eigenvalue weighted by Gasteiger charge is 2.36. The first-order valence-corrected chi connectivity index (χ1v) is 11.6. The van der Waals surface area contributed by atoms with Crippen LogP contribution in [-0.2, 0) is 30.9 Å². The molecule has 4 rings (SSSR count). The molecule has 0 aliphatic carbocycles. The van der Waals surface area contributed by atoms with Gasteiger partial charge in [-0.1, -0.05) is 54.6 Å². The van der Waals surface area contributed by atoms with E-state index in [1.807, 2.05) is 34.9 Å². The van der Waals surface area contributed by atoms with E-state index >= 15 is 0 Å². The average molecular weight is 519 g/mol. The molecular weight excluding hydrogens is 494 g/mol. The van der Waals surface area contributed by atoms with Crippen LogP contribution in [0.15, 0.2) is 91.4 Å². The Kier molecular flexibility index (Phi) is 7.45. The summed E-state index contributed by atoms with van der Waals surface area (Å²) in [4.78, 5) is 4.20. The Morgan fingerprint density at radius 3 is 1.65 bits per heavy atom. The zero-order valence-electron chi connectivity index (χ0n) is 19.6. The van der Waals surface area contributed by atoms with Gasteiger partial charge < -0.3 is 9.67 Å². The summed E-state index contributed by atoms with van der Waals surface area (Å²) in [5.74, 6) is 0. The maximum atomic E-state index is 13.1. The van der Waals surface area contributed by atoms with Crippen molar-refractivity contribution in [3.8, 4) is 0 Å². The number of aromatic nitrogens is 2. The minimum atomic E-state index is -4.55. The van der Waals surface area contributed by atoms with Crippen molar-refractivity contribution < 1.29 is 31.4 Å². The van der Waals surface area contributed by atoms with Gasteiger partial charge in [0, 0.05) is 18.4 Å². The quantitative estimate of drug-likeness (QED) is 0.250. The van der Waals surface area contributed by atoms with Gasteiger partial charge in [-0.3, -0.25) is 0 Å². The maximum absolute atomic E-state index is 13.1. The van der Waals surface area contributed by atoms with Crippen LogP contribution >= 0.6 is 0 Å². The van der Waals surface area contributed by atoms with Crippen molar-refractivity contribution in [2.24, 2.45) is 0 Å². The SMILES string of the molecule is OC(CCCc1cncn1Cc1ccccc1)(c1ccc(C(F)(F)F)cc1)c1ccc(C(F)(F)F)cc1. The van der Waals surface area contributed by atoms with Crippen LogP contribution < -0.4 is 0 Å². The van der Waals surface area contributed by atoms with Crippen LogP contribution in [0.2, 0.25) is 0 Å². The van der Waals surface area contributed by atoms with Crippen LogP contribution in [0.25, 0.3) is 0 Å². The molecule has 9 heteroatoms. The molecule has 0 saturated heterocycles. The second kappa shape index (κ2) is 10.4. The molecule has 1 N–H and O–H groups in total. The Morgan fingerprint density at radius 2 is 1.16 bits per heavy atom. The van der Waals surface area contributed by atoms with Crippen molar-refractivity contribution in [2.75, 3.05) is 0 Å². The van der Waals surface area contributed by atoms with E-state index in [4.69, 9.17) is 0 Å². The number of aliphatic hydroxyl groups is 1. The van der Waals surface area contributed by atoms with E-state index in [9.17, 15) is 31.4 Å². The number of hydrogen-bond acceptors (Lipinski definition) is 2. The van der Waals surface area contributed by atoms with Crippen molar-refractivity contribution in [3.63, 3.8) is 0 Å². The van der Waals surface area contributed by atoms with E-state index in [1.54, 1.807) is 12.5 Å². The van der Waals surface area contributed by atoms with Crippen molar-refractivity contribution in [1.82, 2.24) is 9.55 Å². The van der Waals surface area contributed by atoms with Gasteiger partial charge in [-0.15, -0.1) is 0 Å². The number of nitrogens with zero attached hydrogens (tertiary/aromatic N) is 2. The first kappa shape index (κ1) is 26.5. The van der Waals surface area contributed by atoms with Crippen LogP contribution in [0.1, 0.15) is 46.4 Å². The minimum absolute atomic E-state index is 0.0697. The van der Waals surface area contributed by atoms with Crippen molar-refractivity contribution in [2.45, 2.75) is 43.8 Å². The molecule has 0 fully saturated rings. The highest BCUT2D eigenvalue weighted by Crippen LogP contribution is 2.38. The topological polar surface area (TPSA) is 38.1 Å². The molecular formula is C28H24F6N2O. The molecule has 0 radical (unpaired) electrons. The number of rotatable bonds is 8. The van der Waals surface area contributed by atoms with Gasteiger partial charge in [-0.25, -0.2) is 4.98 Å². The molecule has 1 heterocycles. The van der Waals surface area contributed by atoms with E-state index in [0.717, 1.165) is 35.5 Å². The predicted molar refractivity (Wildman–Crippen MR) is 127 cm³/mol. The second-order valence-electron chi connectivity index (χ2n) is 8.86. The maximum Gasteiger partial charge on any atom is 0.416 e. The van der Waals surface area contributed by atoms with E-state index < -0.39 is 29.1 Å². The van der Waals surface area contributed by atoms with Gasteiger partial charge in [0.25, 0.3) is 0 Å². The lowest BCUT2D eigenvalue weighted by atomic mass is 9.81. The number of halogens is 6. The fourth-order valence-corrected chi connectivity index (χ4v) is 4.33. The molecule has 1 aromatic heterocycles. The minimum Gasteiger partial charge on any atom is -0.380 e. The molecule has 0 unspecified atom stereocenters. The van der Waals surface area contributed by atoms with Gasteiger partial charge in [0.05, 0.1) is 17.5 Å². The van der Waals surface area contributed by atoms with Crippen LogP contribution in [0.3, 0.4) is 0 Å². The molecule has 0 spiro atoms. The Hall–Kier alpha value is -3.59. The lowest BCUT2D eigenvalue weighted by Crippen LogP contribution is -2.28. The third kappa shape index (κ3) is 6.22. The summed E-state index contributed by atoms with van der Waals surface area (Å²) >= 11 is 0. The van der Waals surface area contributed by atoms with E-state index in [1.165, 1.54) is 24.3 Å². The average Bonchev–Trinajstić information content (AvgIpc) is 3.30. The zero-order chi connectivity index (χ0) is 26.7. The summed E-state index contributed by atoms with van der Waals surface area (Å²) in [5.41, 5.74) is -1.25. The molecule has 0 saturated carbocycles. The smallest absolute Gasteiger partial charge is 0.380 e. The van der Waals surface area contributed by atoms with E-state index in [2.05, 4.69) is 4.98 Å². The molecule has 194 valence electrons. The molecule has 3 nitrogen and oxygen atoms in total. The Morgan fingerprint density at radius 1 is 0.676 bits per heavy atom. The van der Waals surface area contributed by atoms with Gasteiger partial charge in [0.1, 0.15) is 5.60 Å². The van der Waals surface area contributed by atoms with Crippen LogP contribution in [-0.4, -0.2) is 14.7 Å². The highest BCUT2D eigenvalue weighted by molar-refractivity contribution is 5.39. The van der Waals surface area contributed by atoms with E-state index in [0.29, 0.717) is 19.4 Å². The summed E-state index contributed by atoms with van der Waals surface area (Å²) in [6.45, 7) is 0.595. The first-order valence-electron chi connectivity index (χ1n) is 11.6. The number of alkyl halides is 6. The predicted octanol–water partition coefficient (Wildman–Crippen LogP) is 7.23. The van der Waals surface area contributed by atoms with Gasteiger partial charge in [0.15, 0.2) is 0 Å². The molecule has 0 aliphatic heterocycles. The molecule has 37 heavy (non-hydrogen) atoms. The molecule has 3 aromatic carbocycles. The van der Waals surface area contributed by atoms with Crippen molar-refractivity contribution >= 4 is 0 Å². The largest absolute Gasteiger partial charge is 0.416 e. The molecule has 0 aliphatic rings. The molecule has 0 bridgehead atoms. The Bertz CT molecular complexity index is 1240. The molecule has 0 atom stereocenters. The van der Waals surface area contributed by atoms with Gasteiger partial charge >= 0.3 is 12.4 Å². The van der Waals surface area contributed by atoms with Crippen LogP contribution in [0.5, 0.6) is 0 Å². The van der Waals surface area contributed by atoms with Crippen molar-refractivity contribution in [1.29, 1.82) is 0 Å². The van der Waals surface area contributed by atoms with E-state index in [-0.39, 0.29) is 17.5 Å². The van der Waals surface area contributed by atoms with Gasteiger partial charge in [-0.2, -0.15) is 26.3 Å². The summed E-state index contributed by atoms with van der Waals surface area (Å²) in [7, 11) is 0. The number of aryl methyl sites for hydroxylation is 1. The molecule has 4 aromatic rings. The number of hydrogen-bond donors (Lipinski definition) is 1. The normalized spacial score (nSPS) is 12.6. The summed E-state index contributed by atoms with van der Waals surface area (Å²) in [5, 5.41) is 11.7. The highest BCUT2D eigenvalue weighted by atomic mass is 19.4. The van der Waals surface area contributed by atoms with Gasteiger partial charge in [0.2, 0.25) is 0 Å². The lowest BCUT2D eigenvalue weighted by molar-refractivity contribution is -0.138. The van der Waals surface area contributed by atoms with Crippen LogP contribution in [0.4, 0.5) is 26.3 Å². The fraction of sp³-hybridized carbons (Fsp3) is 0.250. The lowest BCUT2D eigenvalue weighted by Gasteiger charge is -2.30. The molecule has 0 amide bonds. The Balaban J connectivity index is 1.58.